The summed E-state index contributed by atoms with van der Waals surface area (Å²) in [5, 5.41) is 0. The third-order valence-corrected chi connectivity index (χ3v) is 4.80. The van der Waals surface area contributed by atoms with Gasteiger partial charge < -0.3 is 14.2 Å². The minimum Gasteiger partial charge on any atom is -0.493 e. The molecule has 1 aromatic rings. The van der Waals surface area contributed by atoms with Gasteiger partial charge in [-0.25, -0.2) is 0 Å². The standard InChI is InChI=1S/C19H24O4/c1-3-13-10-15-17(11-16(13)21-4-2)22-12-18(19(15)20)23-14-8-6-5-7-9-14/h5-9,12-13,15-17H,3-4,10-11H2,1-2H3. The predicted molar refractivity (Wildman–Crippen MR) is 87.0 cm³/mol. The normalized spacial score (nSPS) is 30.2. The molecule has 1 aliphatic carbocycles. The van der Waals surface area contributed by atoms with Crippen LogP contribution in [0.4, 0.5) is 0 Å². The van der Waals surface area contributed by atoms with Gasteiger partial charge in [-0.1, -0.05) is 31.5 Å². The van der Waals surface area contributed by atoms with Gasteiger partial charge in [-0.15, -0.1) is 0 Å². The summed E-state index contributed by atoms with van der Waals surface area (Å²) in [5.41, 5.74) is 0. The maximum absolute atomic E-state index is 12.8. The quantitative estimate of drug-likeness (QED) is 0.830. The SMILES string of the molecule is CCOC1CC2OC=C(Oc3ccccc3)C(=O)C2CC1CC. The van der Waals surface area contributed by atoms with E-state index in [-0.39, 0.29) is 23.9 Å². The number of ketones is 1. The molecule has 2 aliphatic rings. The molecule has 23 heavy (non-hydrogen) atoms. The number of hydrogen-bond donors (Lipinski definition) is 0. The van der Waals surface area contributed by atoms with Crippen LogP contribution in [0.1, 0.15) is 33.1 Å². The molecule has 4 heteroatoms. The number of Topliss-reactive ketones (excluding diaryl/α,β-unsaturated/α-hetero) is 1. The van der Waals surface area contributed by atoms with Crippen molar-refractivity contribution < 1.29 is 19.0 Å². The summed E-state index contributed by atoms with van der Waals surface area (Å²) in [5.74, 6) is 1.30. The van der Waals surface area contributed by atoms with Crippen LogP contribution >= 0.6 is 0 Å². The Balaban J connectivity index is 1.73. The van der Waals surface area contributed by atoms with Gasteiger partial charge in [0.2, 0.25) is 11.5 Å². The van der Waals surface area contributed by atoms with Crippen molar-refractivity contribution >= 4 is 5.78 Å². The Morgan fingerprint density at radius 3 is 2.65 bits per heavy atom. The number of allylic oxidation sites excluding steroid dienone is 1. The first-order chi connectivity index (χ1) is 11.2. The minimum absolute atomic E-state index is 0.0542. The molecule has 4 unspecified atom stereocenters. The molecular formula is C19H24O4. The van der Waals surface area contributed by atoms with E-state index in [1.54, 1.807) is 0 Å². The molecule has 1 fully saturated rings. The molecule has 0 bridgehead atoms. The first-order valence-electron chi connectivity index (χ1n) is 8.47. The van der Waals surface area contributed by atoms with Crippen molar-refractivity contribution in [3.63, 3.8) is 0 Å². The highest BCUT2D eigenvalue weighted by atomic mass is 16.5. The van der Waals surface area contributed by atoms with Crippen LogP contribution in [0.25, 0.3) is 0 Å². The van der Waals surface area contributed by atoms with Gasteiger partial charge >= 0.3 is 0 Å². The zero-order valence-electron chi connectivity index (χ0n) is 13.7. The number of ether oxygens (including phenoxy) is 3. The van der Waals surface area contributed by atoms with Crippen LogP contribution in [-0.4, -0.2) is 24.6 Å². The largest absolute Gasteiger partial charge is 0.493 e. The Kier molecular flexibility index (Phi) is 5.01. The average molecular weight is 316 g/mol. The summed E-state index contributed by atoms with van der Waals surface area (Å²) in [6, 6.07) is 9.35. The van der Waals surface area contributed by atoms with E-state index in [4.69, 9.17) is 14.2 Å². The van der Waals surface area contributed by atoms with Gasteiger partial charge in [-0.3, -0.25) is 4.79 Å². The molecule has 4 atom stereocenters. The predicted octanol–water partition coefficient (Wildman–Crippen LogP) is 3.72. The smallest absolute Gasteiger partial charge is 0.208 e. The topological polar surface area (TPSA) is 44.8 Å². The number of hydrogen-bond acceptors (Lipinski definition) is 4. The molecule has 1 aromatic carbocycles. The lowest BCUT2D eigenvalue weighted by atomic mass is 9.73. The molecule has 1 heterocycles. The van der Waals surface area contributed by atoms with Crippen molar-refractivity contribution in [2.24, 2.45) is 11.8 Å². The third-order valence-electron chi connectivity index (χ3n) is 4.80. The molecule has 0 spiro atoms. The van der Waals surface area contributed by atoms with Gasteiger partial charge in [0.05, 0.1) is 12.0 Å². The van der Waals surface area contributed by atoms with E-state index in [9.17, 15) is 4.79 Å². The van der Waals surface area contributed by atoms with Gasteiger partial charge in [0.15, 0.2) is 0 Å². The molecule has 1 aliphatic heterocycles. The summed E-state index contributed by atoms with van der Waals surface area (Å²) in [7, 11) is 0. The van der Waals surface area contributed by atoms with Crippen LogP contribution in [0.3, 0.4) is 0 Å². The molecule has 124 valence electrons. The Labute approximate surface area is 137 Å². The second kappa shape index (κ2) is 7.18. The molecular weight excluding hydrogens is 292 g/mol. The highest BCUT2D eigenvalue weighted by Gasteiger charge is 2.44. The van der Waals surface area contributed by atoms with E-state index in [1.165, 1.54) is 6.26 Å². The lowest BCUT2D eigenvalue weighted by molar-refractivity contribution is -0.138. The van der Waals surface area contributed by atoms with E-state index >= 15 is 0 Å². The van der Waals surface area contributed by atoms with E-state index in [1.807, 2.05) is 37.3 Å². The number of rotatable bonds is 5. The Morgan fingerprint density at radius 2 is 1.96 bits per heavy atom. The Morgan fingerprint density at radius 1 is 1.17 bits per heavy atom. The number of benzene rings is 1. The zero-order valence-corrected chi connectivity index (χ0v) is 13.7. The van der Waals surface area contributed by atoms with Gasteiger partial charge in [0, 0.05) is 13.0 Å². The van der Waals surface area contributed by atoms with Gasteiger partial charge in [0.1, 0.15) is 18.1 Å². The van der Waals surface area contributed by atoms with Crippen LogP contribution in [0.2, 0.25) is 0 Å². The van der Waals surface area contributed by atoms with Crippen LogP contribution in [0.5, 0.6) is 5.75 Å². The van der Waals surface area contributed by atoms with Gasteiger partial charge in [0.25, 0.3) is 0 Å². The third kappa shape index (κ3) is 3.42. The number of para-hydroxylation sites is 1. The van der Waals surface area contributed by atoms with Crippen LogP contribution in [-0.2, 0) is 14.3 Å². The highest BCUT2D eigenvalue weighted by Crippen LogP contribution is 2.39. The van der Waals surface area contributed by atoms with Gasteiger partial charge in [-0.05, 0) is 31.4 Å². The monoisotopic (exact) mass is 316 g/mol. The molecule has 0 N–H and O–H groups in total. The van der Waals surface area contributed by atoms with Crippen molar-refractivity contribution in [1.82, 2.24) is 0 Å². The van der Waals surface area contributed by atoms with Crippen molar-refractivity contribution in [2.45, 2.75) is 45.3 Å². The van der Waals surface area contributed by atoms with Crippen LogP contribution < -0.4 is 4.74 Å². The van der Waals surface area contributed by atoms with Crippen molar-refractivity contribution in [3.05, 3.63) is 42.4 Å². The summed E-state index contributed by atoms with van der Waals surface area (Å²) in [4.78, 5) is 12.8. The fraction of sp³-hybridized carbons (Fsp3) is 0.526. The van der Waals surface area contributed by atoms with Crippen LogP contribution in [0, 0.1) is 11.8 Å². The maximum Gasteiger partial charge on any atom is 0.208 e. The summed E-state index contributed by atoms with van der Waals surface area (Å²) >= 11 is 0. The number of carbonyl (C=O) groups is 1. The molecule has 0 saturated heterocycles. The lowest BCUT2D eigenvalue weighted by Crippen LogP contribution is -2.46. The number of fused-ring (bicyclic) bond motifs is 1. The lowest BCUT2D eigenvalue weighted by Gasteiger charge is -2.41. The molecule has 0 aromatic heterocycles. The Bertz CT molecular complexity index is 566. The summed E-state index contributed by atoms with van der Waals surface area (Å²) in [6.45, 7) is 4.87. The van der Waals surface area contributed by atoms with Crippen molar-refractivity contribution in [3.8, 4) is 5.75 Å². The second-order valence-corrected chi connectivity index (χ2v) is 6.18. The van der Waals surface area contributed by atoms with E-state index < -0.39 is 0 Å². The maximum atomic E-state index is 12.8. The fourth-order valence-electron chi connectivity index (χ4n) is 3.57. The fourth-order valence-corrected chi connectivity index (χ4v) is 3.57. The van der Waals surface area contributed by atoms with Crippen molar-refractivity contribution in [2.75, 3.05) is 6.61 Å². The number of carbonyl (C=O) groups excluding carboxylic acids is 1. The first-order valence-corrected chi connectivity index (χ1v) is 8.47. The van der Waals surface area contributed by atoms with Gasteiger partial charge in [-0.2, -0.15) is 0 Å². The second-order valence-electron chi connectivity index (χ2n) is 6.18. The Hall–Kier alpha value is -1.81. The first kappa shape index (κ1) is 16.1. The molecule has 0 radical (unpaired) electrons. The van der Waals surface area contributed by atoms with E-state index in [2.05, 4.69) is 6.92 Å². The highest BCUT2D eigenvalue weighted by molar-refractivity contribution is 5.96. The minimum atomic E-state index is -0.125. The molecule has 3 rings (SSSR count). The molecule has 1 saturated carbocycles. The molecule has 0 amide bonds. The average Bonchev–Trinajstić information content (AvgIpc) is 2.58. The summed E-state index contributed by atoms with van der Waals surface area (Å²) in [6.07, 6.45) is 4.16. The van der Waals surface area contributed by atoms with Crippen molar-refractivity contribution in [1.29, 1.82) is 0 Å². The van der Waals surface area contributed by atoms with E-state index in [0.29, 0.717) is 24.0 Å². The van der Waals surface area contributed by atoms with Crippen LogP contribution in [0.15, 0.2) is 42.4 Å². The summed E-state index contributed by atoms with van der Waals surface area (Å²) < 4.78 is 17.4. The zero-order chi connectivity index (χ0) is 16.2. The molecule has 4 nitrogen and oxygen atoms in total. The van der Waals surface area contributed by atoms with E-state index in [0.717, 1.165) is 19.3 Å².